The molecule has 11 heteroatoms. The molecule has 1 atom stereocenters. The van der Waals surface area contributed by atoms with Crippen molar-refractivity contribution in [1.82, 2.24) is 4.90 Å². The van der Waals surface area contributed by atoms with Gasteiger partial charge in [-0.2, -0.15) is 0 Å². The van der Waals surface area contributed by atoms with Crippen molar-refractivity contribution in [3.05, 3.63) is 68.7 Å². The van der Waals surface area contributed by atoms with E-state index in [-0.39, 0.29) is 27.5 Å². The van der Waals surface area contributed by atoms with Gasteiger partial charge in [-0.3, -0.25) is 29.4 Å². The number of non-ortho nitro benzene ring substituents is 1. The largest absolute Gasteiger partial charge is 0.454 e. The minimum atomic E-state index is -1.24. The van der Waals surface area contributed by atoms with Gasteiger partial charge in [0.25, 0.3) is 23.4 Å². The van der Waals surface area contributed by atoms with Crippen LogP contribution in [0.15, 0.2) is 42.5 Å². The molecule has 0 aliphatic carbocycles. The number of carbonyl (C=O) groups excluding carboxylic acids is 4. The molecule has 1 heterocycles. The number of ether oxygens (including phenoxy) is 1. The first-order valence-electron chi connectivity index (χ1n) is 8.58. The maximum absolute atomic E-state index is 12.4. The summed E-state index contributed by atoms with van der Waals surface area (Å²) in [5.74, 6) is -2.95. The number of carbonyl (C=O) groups is 4. The number of anilines is 1. The summed E-state index contributed by atoms with van der Waals surface area (Å²) in [4.78, 5) is 59.9. The lowest BCUT2D eigenvalue weighted by Crippen LogP contribution is -2.44. The van der Waals surface area contributed by atoms with Crippen molar-refractivity contribution in [2.75, 3.05) is 11.9 Å². The molecule has 0 fully saturated rings. The highest BCUT2D eigenvalue weighted by molar-refractivity contribution is 6.34. The maximum Gasteiger partial charge on any atom is 0.329 e. The Balaban J connectivity index is 1.59. The minimum Gasteiger partial charge on any atom is -0.454 e. The van der Waals surface area contributed by atoms with E-state index in [1.807, 2.05) is 0 Å². The Morgan fingerprint density at radius 1 is 1.17 bits per heavy atom. The van der Waals surface area contributed by atoms with E-state index in [0.29, 0.717) is 0 Å². The molecule has 154 valence electrons. The average Bonchev–Trinajstić information content (AvgIpc) is 2.97. The molecular formula is C19H14ClN3O7. The van der Waals surface area contributed by atoms with E-state index >= 15 is 0 Å². The van der Waals surface area contributed by atoms with E-state index in [4.69, 9.17) is 16.3 Å². The number of halogens is 1. The highest BCUT2D eigenvalue weighted by atomic mass is 35.5. The molecule has 10 nitrogen and oxygen atoms in total. The summed E-state index contributed by atoms with van der Waals surface area (Å²) >= 11 is 5.88. The molecule has 3 rings (SSSR count). The third-order valence-corrected chi connectivity index (χ3v) is 4.65. The van der Waals surface area contributed by atoms with E-state index in [9.17, 15) is 29.3 Å². The molecule has 2 aromatic carbocycles. The molecule has 1 N–H and O–H groups in total. The molecular weight excluding hydrogens is 418 g/mol. The Morgan fingerprint density at radius 2 is 1.77 bits per heavy atom. The zero-order valence-electron chi connectivity index (χ0n) is 15.5. The van der Waals surface area contributed by atoms with E-state index in [0.717, 1.165) is 17.0 Å². The molecule has 0 aromatic heterocycles. The number of imide groups is 1. The summed E-state index contributed by atoms with van der Waals surface area (Å²) in [5, 5.41) is 13.0. The number of esters is 1. The number of hydrogen-bond donors (Lipinski definition) is 1. The summed E-state index contributed by atoms with van der Waals surface area (Å²) in [6, 6.07) is 8.37. The molecule has 0 bridgehead atoms. The molecule has 3 amide bonds. The van der Waals surface area contributed by atoms with Crippen LogP contribution >= 0.6 is 11.6 Å². The standard InChI is InChI=1S/C19H14ClN3O7/c1-10(22-17(25)12-4-2-3-5-13(12)18(22)26)19(27)30-9-16(24)21-15-7-6-11(23(28)29)8-14(15)20/h2-8,10H,9H2,1H3,(H,21,24). The van der Waals surface area contributed by atoms with Gasteiger partial charge in [0, 0.05) is 12.1 Å². The quantitative estimate of drug-likeness (QED) is 0.321. The Bertz CT molecular complexity index is 1050. The fraction of sp³-hybridized carbons (Fsp3) is 0.158. The number of rotatable bonds is 6. The van der Waals surface area contributed by atoms with Crippen LogP contribution in [0.4, 0.5) is 11.4 Å². The first-order valence-corrected chi connectivity index (χ1v) is 8.96. The number of fused-ring (bicyclic) bond motifs is 1. The smallest absolute Gasteiger partial charge is 0.329 e. The molecule has 1 unspecified atom stereocenters. The predicted molar refractivity (Wildman–Crippen MR) is 104 cm³/mol. The predicted octanol–water partition coefficient (Wildman–Crippen LogP) is 2.41. The zero-order valence-corrected chi connectivity index (χ0v) is 16.2. The van der Waals surface area contributed by atoms with Gasteiger partial charge in [0.15, 0.2) is 6.61 Å². The molecule has 2 aromatic rings. The Kier molecular flexibility index (Phi) is 5.79. The number of nitro groups is 1. The second-order valence-electron chi connectivity index (χ2n) is 6.28. The van der Waals surface area contributed by atoms with Crippen LogP contribution in [0.2, 0.25) is 5.02 Å². The van der Waals surface area contributed by atoms with Crippen molar-refractivity contribution in [3.63, 3.8) is 0 Å². The molecule has 0 spiro atoms. The molecule has 0 radical (unpaired) electrons. The monoisotopic (exact) mass is 431 g/mol. The van der Waals surface area contributed by atoms with E-state index < -0.39 is 41.3 Å². The number of nitrogens with zero attached hydrogens (tertiary/aromatic N) is 2. The summed E-state index contributed by atoms with van der Waals surface area (Å²) in [5.41, 5.74) is 0.219. The summed E-state index contributed by atoms with van der Waals surface area (Å²) in [7, 11) is 0. The second kappa shape index (κ2) is 8.29. The van der Waals surface area contributed by atoms with Gasteiger partial charge in [0.05, 0.1) is 26.8 Å². The van der Waals surface area contributed by atoms with E-state index in [2.05, 4.69) is 5.32 Å². The van der Waals surface area contributed by atoms with Crippen molar-refractivity contribution in [1.29, 1.82) is 0 Å². The number of nitro benzene ring substituents is 1. The van der Waals surface area contributed by atoms with Gasteiger partial charge in [-0.25, -0.2) is 4.79 Å². The Labute approximate surface area is 174 Å². The van der Waals surface area contributed by atoms with Crippen molar-refractivity contribution in [2.45, 2.75) is 13.0 Å². The Morgan fingerprint density at radius 3 is 2.30 bits per heavy atom. The first kappa shape index (κ1) is 20.9. The van der Waals surface area contributed by atoms with E-state index in [1.165, 1.54) is 25.1 Å². The minimum absolute atomic E-state index is 0.0664. The van der Waals surface area contributed by atoms with Crippen LogP contribution in [0.25, 0.3) is 0 Å². The number of amides is 3. The van der Waals surface area contributed by atoms with E-state index in [1.54, 1.807) is 12.1 Å². The van der Waals surface area contributed by atoms with Gasteiger partial charge in [-0.1, -0.05) is 23.7 Å². The van der Waals surface area contributed by atoms with Crippen LogP contribution in [-0.2, 0) is 14.3 Å². The average molecular weight is 432 g/mol. The third kappa shape index (κ3) is 3.98. The van der Waals surface area contributed by atoms with Gasteiger partial charge < -0.3 is 10.1 Å². The maximum atomic E-state index is 12.4. The number of benzene rings is 2. The summed E-state index contributed by atoms with van der Waals surface area (Å²) in [6.45, 7) is 0.606. The first-order chi connectivity index (χ1) is 14.2. The van der Waals surface area contributed by atoms with Crippen LogP contribution in [0.1, 0.15) is 27.6 Å². The SMILES string of the molecule is CC(C(=O)OCC(=O)Nc1ccc([N+](=O)[O-])cc1Cl)N1C(=O)c2ccccc2C1=O. The zero-order chi connectivity index (χ0) is 22.0. The van der Waals surface area contributed by atoms with Crippen LogP contribution in [0.5, 0.6) is 0 Å². The van der Waals surface area contributed by atoms with Gasteiger partial charge in [0.2, 0.25) is 0 Å². The molecule has 0 saturated heterocycles. The third-order valence-electron chi connectivity index (χ3n) is 4.34. The fourth-order valence-electron chi connectivity index (χ4n) is 2.83. The number of nitrogens with one attached hydrogen (secondary N) is 1. The molecule has 0 saturated carbocycles. The van der Waals surface area contributed by atoms with Gasteiger partial charge >= 0.3 is 5.97 Å². The second-order valence-corrected chi connectivity index (χ2v) is 6.69. The lowest BCUT2D eigenvalue weighted by molar-refractivity contribution is -0.384. The summed E-state index contributed by atoms with van der Waals surface area (Å²) < 4.78 is 4.90. The topological polar surface area (TPSA) is 136 Å². The molecule has 30 heavy (non-hydrogen) atoms. The van der Waals surface area contributed by atoms with Crippen molar-refractivity contribution >= 4 is 46.7 Å². The van der Waals surface area contributed by atoms with Gasteiger partial charge in [0.1, 0.15) is 6.04 Å². The highest BCUT2D eigenvalue weighted by Crippen LogP contribution is 2.27. The highest BCUT2D eigenvalue weighted by Gasteiger charge is 2.41. The van der Waals surface area contributed by atoms with Crippen molar-refractivity contribution in [3.8, 4) is 0 Å². The van der Waals surface area contributed by atoms with Gasteiger partial charge in [-0.15, -0.1) is 0 Å². The fourth-order valence-corrected chi connectivity index (χ4v) is 3.05. The molecule has 1 aliphatic heterocycles. The lowest BCUT2D eigenvalue weighted by atomic mass is 10.1. The summed E-state index contributed by atoms with van der Waals surface area (Å²) in [6.07, 6.45) is 0. The van der Waals surface area contributed by atoms with Crippen LogP contribution in [0, 0.1) is 10.1 Å². The van der Waals surface area contributed by atoms with Crippen LogP contribution < -0.4 is 5.32 Å². The van der Waals surface area contributed by atoms with Crippen LogP contribution in [0.3, 0.4) is 0 Å². The lowest BCUT2D eigenvalue weighted by Gasteiger charge is -2.20. The van der Waals surface area contributed by atoms with Gasteiger partial charge in [-0.05, 0) is 25.1 Å². The van der Waals surface area contributed by atoms with Crippen LogP contribution in [-0.4, -0.2) is 46.2 Å². The normalized spacial score (nSPS) is 13.6. The molecule has 1 aliphatic rings. The van der Waals surface area contributed by atoms with Crippen molar-refractivity contribution < 1.29 is 28.8 Å². The number of hydrogen-bond acceptors (Lipinski definition) is 7. The van der Waals surface area contributed by atoms with Crippen molar-refractivity contribution in [2.24, 2.45) is 0 Å². The Hall–Kier alpha value is -3.79.